The van der Waals surface area contributed by atoms with Gasteiger partial charge in [-0.25, -0.2) is 20.1 Å². The maximum absolute atomic E-state index is 12.5. The number of benzene rings is 2. The second kappa shape index (κ2) is 16.8. The van der Waals surface area contributed by atoms with E-state index in [4.69, 9.17) is 30.7 Å². The van der Waals surface area contributed by atoms with Gasteiger partial charge in [0.15, 0.2) is 0 Å². The highest BCUT2D eigenvalue weighted by atomic mass is 35.5. The summed E-state index contributed by atoms with van der Waals surface area (Å²) in [5, 5.41) is 2.59. The molecule has 0 saturated heterocycles. The van der Waals surface area contributed by atoms with E-state index in [2.05, 4.69) is 14.9 Å². The number of carbonyl (C=O) groups excluding carboxylic acids is 2. The summed E-state index contributed by atoms with van der Waals surface area (Å²) < 4.78 is 10.5. The van der Waals surface area contributed by atoms with E-state index in [9.17, 15) is 9.59 Å². The molecule has 0 N–H and O–H groups in total. The maximum Gasteiger partial charge on any atom is 0.277 e. The number of pyridine rings is 2. The Bertz CT molecular complexity index is 1450. The Kier molecular flexibility index (Phi) is 12.9. The number of amides is 2. The van der Waals surface area contributed by atoms with Crippen LogP contribution < -0.4 is 14.4 Å². The van der Waals surface area contributed by atoms with E-state index in [1.165, 1.54) is 38.6 Å². The van der Waals surface area contributed by atoms with Crippen molar-refractivity contribution in [2.45, 2.75) is 13.1 Å². The van der Waals surface area contributed by atoms with Crippen LogP contribution in [0.15, 0.2) is 85.2 Å². The van der Waals surface area contributed by atoms with Gasteiger partial charge in [0.2, 0.25) is 0 Å². The largest absolute Gasteiger partial charge is 0.497 e. The fourth-order valence-electron chi connectivity index (χ4n) is 3.91. The molecule has 12 heteroatoms. The van der Waals surface area contributed by atoms with E-state index in [-0.39, 0.29) is 17.0 Å². The van der Waals surface area contributed by atoms with Crippen molar-refractivity contribution in [3.63, 3.8) is 0 Å². The summed E-state index contributed by atoms with van der Waals surface area (Å²) in [7, 11) is 9.27. The predicted molar refractivity (Wildman–Crippen MR) is 168 cm³/mol. The van der Waals surface area contributed by atoms with Crippen LogP contribution in [0.25, 0.3) is 0 Å². The molecule has 0 radical (unpaired) electrons. The third-order valence-corrected chi connectivity index (χ3v) is 6.68. The van der Waals surface area contributed by atoms with Crippen LogP contribution in [-0.2, 0) is 22.8 Å². The van der Waals surface area contributed by atoms with Gasteiger partial charge in [-0.15, -0.1) is 0 Å². The average Bonchev–Trinajstić information content (AvgIpc) is 3.07. The lowest BCUT2D eigenvalue weighted by atomic mass is 10.1. The molecule has 2 aromatic heterocycles. The molecule has 0 aliphatic rings. The van der Waals surface area contributed by atoms with Gasteiger partial charge in [0, 0.05) is 50.7 Å². The molecular weight excluding hydrogens is 586 g/mol. The average molecular weight is 622 g/mol. The van der Waals surface area contributed by atoms with Gasteiger partial charge in [-0.1, -0.05) is 35.9 Å². The summed E-state index contributed by atoms with van der Waals surface area (Å²) in [5.41, 5.74) is 3.15. The van der Waals surface area contributed by atoms with Crippen LogP contribution >= 0.6 is 11.6 Å². The first kappa shape index (κ1) is 33.8. The van der Waals surface area contributed by atoms with Crippen molar-refractivity contribution in [3.05, 3.63) is 113 Å². The maximum atomic E-state index is 12.5. The fraction of sp³-hybridized carbons (Fsp3) is 0.250. The van der Waals surface area contributed by atoms with Gasteiger partial charge in [-0.3, -0.25) is 19.3 Å². The molecule has 11 nitrogen and oxygen atoms in total. The second-order valence-electron chi connectivity index (χ2n) is 9.29. The van der Waals surface area contributed by atoms with Gasteiger partial charge < -0.3 is 14.4 Å². The summed E-state index contributed by atoms with van der Waals surface area (Å²) in [4.78, 5) is 44.1. The third kappa shape index (κ3) is 9.66. The first-order valence-electron chi connectivity index (χ1n) is 13.4. The highest BCUT2D eigenvalue weighted by molar-refractivity contribution is 6.29. The number of methoxy groups -OCH3 is 2. The molecule has 232 valence electrons. The zero-order chi connectivity index (χ0) is 32.1. The van der Waals surface area contributed by atoms with Crippen molar-refractivity contribution in [1.29, 1.82) is 0 Å². The Morgan fingerprint density at radius 3 is 1.50 bits per heavy atom. The monoisotopic (exact) mass is 621 g/mol. The highest BCUT2D eigenvalue weighted by Gasteiger charge is 2.16. The number of rotatable bonds is 11. The predicted octanol–water partition coefficient (Wildman–Crippen LogP) is 5.31. The Labute approximate surface area is 262 Å². The number of carbonyl (C=O) groups is 2. The summed E-state index contributed by atoms with van der Waals surface area (Å²) in [5.74, 6) is 1.81. The van der Waals surface area contributed by atoms with Gasteiger partial charge in [-0.05, 0) is 59.7 Å². The first-order valence-corrected chi connectivity index (χ1v) is 13.8. The van der Waals surface area contributed by atoms with Crippen LogP contribution in [-0.4, -0.2) is 74.4 Å². The van der Waals surface area contributed by atoms with Crippen molar-refractivity contribution in [1.82, 2.24) is 20.1 Å². The second-order valence-corrected chi connectivity index (χ2v) is 9.68. The number of anilines is 1. The van der Waals surface area contributed by atoms with Crippen molar-refractivity contribution >= 4 is 29.2 Å². The van der Waals surface area contributed by atoms with Crippen molar-refractivity contribution in [2.75, 3.05) is 47.4 Å². The van der Waals surface area contributed by atoms with Gasteiger partial charge in [0.05, 0.1) is 28.4 Å². The zero-order valence-electron chi connectivity index (χ0n) is 25.6. The van der Waals surface area contributed by atoms with Crippen LogP contribution in [0.1, 0.15) is 31.8 Å². The minimum Gasteiger partial charge on any atom is -0.497 e. The number of hydrogen-bond donors (Lipinski definition) is 0. The van der Waals surface area contributed by atoms with Crippen LogP contribution in [0, 0.1) is 0 Å². The molecule has 0 atom stereocenters. The number of halogens is 1. The van der Waals surface area contributed by atoms with E-state index in [1.807, 2.05) is 48.5 Å². The summed E-state index contributed by atoms with van der Waals surface area (Å²) in [6, 6.07) is 22.3. The lowest BCUT2D eigenvalue weighted by molar-refractivity contribution is -0.0757. The molecule has 0 saturated carbocycles. The SMILES string of the molecule is CON(C)C(=O)c1ccnc(Cl)c1.COc1ccc(CN(Cc2ccc(OC)cc2)c2cc(C(=O)N(C)OC)ccn2)cc1. The molecule has 0 aliphatic heterocycles. The molecule has 0 unspecified atom stereocenters. The molecular formula is C32H36ClN5O6. The quantitative estimate of drug-likeness (QED) is 0.163. The molecule has 44 heavy (non-hydrogen) atoms. The van der Waals surface area contributed by atoms with E-state index in [0.29, 0.717) is 30.0 Å². The van der Waals surface area contributed by atoms with Crippen molar-refractivity contribution < 1.29 is 28.7 Å². The van der Waals surface area contributed by atoms with E-state index < -0.39 is 0 Å². The Morgan fingerprint density at radius 1 is 0.659 bits per heavy atom. The molecule has 0 fully saturated rings. The van der Waals surface area contributed by atoms with Gasteiger partial charge >= 0.3 is 0 Å². The lowest BCUT2D eigenvalue weighted by Gasteiger charge is -2.25. The minimum absolute atomic E-state index is 0.236. The molecule has 2 amide bonds. The Hall–Kier alpha value is -4.71. The minimum atomic E-state index is -0.258. The van der Waals surface area contributed by atoms with Gasteiger partial charge in [0.1, 0.15) is 22.5 Å². The van der Waals surface area contributed by atoms with Crippen LogP contribution in [0.3, 0.4) is 0 Å². The Morgan fingerprint density at radius 2 is 1.09 bits per heavy atom. The molecule has 0 bridgehead atoms. The number of aromatic nitrogens is 2. The van der Waals surface area contributed by atoms with Gasteiger partial charge in [-0.2, -0.15) is 0 Å². The standard InChI is InChI=1S/C24H27N3O4.C8H9ClN2O2/c1-26(31-4)24(28)20-13-14-25-23(15-20)27(16-18-5-9-21(29-2)10-6-18)17-19-7-11-22(30-3)12-8-19;1-11(13-2)8(12)6-3-4-10-7(9)5-6/h5-15H,16-17H2,1-4H3;3-5H,1-2H3. The molecule has 2 heterocycles. The number of ether oxygens (including phenoxy) is 2. The molecule has 0 aliphatic carbocycles. The van der Waals surface area contributed by atoms with Crippen LogP contribution in [0.2, 0.25) is 5.15 Å². The van der Waals surface area contributed by atoms with E-state index in [1.54, 1.807) is 45.7 Å². The van der Waals surface area contributed by atoms with Crippen LogP contribution in [0.4, 0.5) is 5.82 Å². The highest BCUT2D eigenvalue weighted by Crippen LogP contribution is 2.22. The fourth-order valence-corrected chi connectivity index (χ4v) is 4.08. The molecule has 4 aromatic rings. The summed E-state index contributed by atoms with van der Waals surface area (Å²) in [6.07, 6.45) is 3.11. The first-order chi connectivity index (χ1) is 21.2. The number of hydrogen-bond acceptors (Lipinski definition) is 9. The van der Waals surface area contributed by atoms with E-state index in [0.717, 1.165) is 27.7 Å². The summed E-state index contributed by atoms with van der Waals surface area (Å²) >= 11 is 5.61. The van der Waals surface area contributed by atoms with Crippen LogP contribution in [0.5, 0.6) is 11.5 Å². The smallest absolute Gasteiger partial charge is 0.277 e. The normalized spacial score (nSPS) is 10.2. The summed E-state index contributed by atoms with van der Waals surface area (Å²) in [6.45, 7) is 1.22. The molecule has 0 spiro atoms. The van der Waals surface area contributed by atoms with Crippen molar-refractivity contribution in [2.24, 2.45) is 0 Å². The van der Waals surface area contributed by atoms with Gasteiger partial charge in [0.25, 0.3) is 11.8 Å². The van der Waals surface area contributed by atoms with E-state index >= 15 is 0 Å². The Balaban J connectivity index is 0.000000340. The lowest BCUT2D eigenvalue weighted by Crippen LogP contribution is -2.27. The molecule has 4 rings (SSSR count). The number of nitrogens with zero attached hydrogens (tertiary/aromatic N) is 5. The third-order valence-electron chi connectivity index (χ3n) is 6.47. The zero-order valence-corrected chi connectivity index (χ0v) is 26.3. The topological polar surface area (TPSA) is 107 Å². The number of hydroxylamine groups is 4. The molecule has 2 aromatic carbocycles. The van der Waals surface area contributed by atoms with Crippen molar-refractivity contribution in [3.8, 4) is 11.5 Å².